The van der Waals surface area contributed by atoms with E-state index in [1.54, 1.807) is 30.2 Å². The Morgan fingerprint density at radius 1 is 1.00 bits per heavy atom. The van der Waals surface area contributed by atoms with Crippen LogP contribution in [0.4, 0.5) is 5.69 Å². The molecule has 0 fully saturated rings. The van der Waals surface area contributed by atoms with Crippen LogP contribution in [0.25, 0.3) is 17.0 Å². The molecule has 3 aromatic rings. The number of hydrogen-bond donors (Lipinski definition) is 3. The number of carboxylic acid groups (broad SMARTS) is 1. The lowest BCUT2D eigenvalue weighted by Gasteiger charge is -2.35. The van der Waals surface area contributed by atoms with Crippen LogP contribution < -0.4 is 15.5 Å². The number of benzene rings is 2. The van der Waals surface area contributed by atoms with Gasteiger partial charge in [0.1, 0.15) is 6.04 Å². The summed E-state index contributed by atoms with van der Waals surface area (Å²) in [4.78, 5) is 30.7. The van der Waals surface area contributed by atoms with Crippen LogP contribution in [0, 0.1) is 5.92 Å². The van der Waals surface area contributed by atoms with E-state index in [0.717, 1.165) is 10.9 Å². The van der Waals surface area contributed by atoms with E-state index < -0.39 is 18.2 Å². The Balaban J connectivity index is 1.83. The minimum Gasteiger partial charge on any atom is -0.480 e. The number of nitrogens with zero attached hydrogens (tertiary/aromatic N) is 2. The average Bonchev–Trinajstić information content (AvgIpc) is 2.80. The first kappa shape index (κ1) is 24.9. The first-order valence-electron chi connectivity index (χ1n) is 11.0. The molecule has 2 aromatic carbocycles. The molecule has 3 N–H and O–H groups in total. The number of rotatable bonds is 8. The lowest BCUT2D eigenvalue weighted by atomic mass is 10.0. The van der Waals surface area contributed by atoms with Crippen LogP contribution in [-0.4, -0.2) is 39.3 Å². The van der Waals surface area contributed by atoms with Gasteiger partial charge >= 0.3 is 5.97 Å². The smallest absolute Gasteiger partial charge is 0.327 e. The topological polar surface area (TPSA) is 94.6 Å². The first-order valence-corrected chi connectivity index (χ1v) is 11.4. The second-order valence-electron chi connectivity index (χ2n) is 8.17. The van der Waals surface area contributed by atoms with Gasteiger partial charge < -0.3 is 20.6 Å². The number of aromatic nitrogens is 1. The maximum absolute atomic E-state index is 12.4. The highest BCUT2D eigenvalue weighted by molar-refractivity contribution is 7.80. The van der Waals surface area contributed by atoms with Gasteiger partial charge in [-0.3, -0.25) is 9.78 Å². The van der Waals surface area contributed by atoms with E-state index in [-0.39, 0.29) is 16.9 Å². The zero-order valence-corrected chi connectivity index (χ0v) is 20.1. The van der Waals surface area contributed by atoms with Gasteiger partial charge in [-0.1, -0.05) is 62.4 Å². The summed E-state index contributed by atoms with van der Waals surface area (Å²) in [6.07, 6.45) is 4.27. The van der Waals surface area contributed by atoms with Crippen LogP contribution in [0.3, 0.4) is 0 Å². The maximum atomic E-state index is 12.4. The van der Waals surface area contributed by atoms with Gasteiger partial charge in [0.05, 0.1) is 17.4 Å². The molecule has 0 bridgehead atoms. The number of nitrogens with one attached hydrogen (secondary N) is 2. The van der Waals surface area contributed by atoms with Gasteiger partial charge in [0.15, 0.2) is 5.11 Å². The van der Waals surface area contributed by atoms with E-state index in [9.17, 15) is 14.7 Å². The fourth-order valence-corrected chi connectivity index (χ4v) is 4.04. The summed E-state index contributed by atoms with van der Waals surface area (Å²) in [5, 5.41) is 16.9. The van der Waals surface area contributed by atoms with Crippen molar-refractivity contribution in [2.45, 2.75) is 33.0 Å². The molecular weight excluding hydrogens is 448 g/mol. The summed E-state index contributed by atoms with van der Waals surface area (Å²) in [5.74, 6) is -1.56. The third kappa shape index (κ3) is 6.17. The number of carboxylic acids is 1. The quantitative estimate of drug-likeness (QED) is 0.255. The molecule has 0 aliphatic heterocycles. The Morgan fingerprint density at radius 2 is 1.71 bits per heavy atom. The molecule has 0 spiro atoms. The lowest BCUT2D eigenvalue weighted by Crippen LogP contribution is -2.56. The van der Waals surface area contributed by atoms with Crippen molar-refractivity contribution < 1.29 is 14.7 Å². The molecule has 0 aliphatic rings. The molecule has 2 atom stereocenters. The number of amides is 1. The van der Waals surface area contributed by atoms with Gasteiger partial charge in [-0.15, -0.1) is 0 Å². The molecule has 34 heavy (non-hydrogen) atoms. The largest absolute Gasteiger partial charge is 0.480 e. The fraction of sp³-hybridized carbons (Fsp3) is 0.231. The molecule has 7 nitrogen and oxygen atoms in total. The molecule has 1 unspecified atom stereocenters. The van der Waals surface area contributed by atoms with Gasteiger partial charge in [0.2, 0.25) is 5.91 Å². The normalized spacial score (nSPS) is 12.9. The summed E-state index contributed by atoms with van der Waals surface area (Å²) in [7, 11) is 0. The van der Waals surface area contributed by atoms with Crippen molar-refractivity contribution in [3.05, 3.63) is 78.5 Å². The number of thiocarbonyl (C=S) groups is 1. The lowest BCUT2D eigenvalue weighted by molar-refractivity contribution is -0.139. The summed E-state index contributed by atoms with van der Waals surface area (Å²) in [6.45, 7) is 5.39. The minimum atomic E-state index is -1.01. The molecule has 176 valence electrons. The highest BCUT2D eigenvalue weighted by atomic mass is 32.1. The first-order chi connectivity index (χ1) is 16.3. The Hall–Kier alpha value is -3.78. The molecule has 1 aromatic heterocycles. The number of hydrogen-bond acceptors (Lipinski definition) is 4. The number of fused-ring (bicyclic) bond motifs is 1. The second kappa shape index (κ2) is 11.4. The average molecular weight is 477 g/mol. The number of carbonyl (C=O) groups excluding carboxylic acids is 1. The third-order valence-corrected chi connectivity index (χ3v) is 5.49. The Morgan fingerprint density at radius 3 is 2.38 bits per heavy atom. The van der Waals surface area contributed by atoms with Crippen LogP contribution in [0.15, 0.2) is 72.9 Å². The molecular formula is C26H28N4O3S. The number of aliphatic carboxylic acids is 1. The van der Waals surface area contributed by atoms with Crippen molar-refractivity contribution in [3.8, 4) is 0 Å². The molecule has 0 saturated heterocycles. The summed E-state index contributed by atoms with van der Waals surface area (Å²) in [5.41, 5.74) is 2.13. The van der Waals surface area contributed by atoms with Gasteiger partial charge in [-0.25, -0.2) is 4.79 Å². The zero-order chi connectivity index (χ0) is 24.7. The standard InChI is InChI=1S/C26H28N4O3S/c1-17(2)24(25(32)33)30(21-13-7-11-20-12-8-16-27-23(20)21)26(34)29-18(3)28-22(31)15-14-19-9-5-4-6-10-19/h4-18,24H,1-3H3,(H,28,31)(H,29,34)(H,32,33)/b15-14+/t18?,24-/m0/s1. The zero-order valence-electron chi connectivity index (χ0n) is 19.3. The van der Waals surface area contributed by atoms with Gasteiger partial charge in [-0.2, -0.15) is 0 Å². The third-order valence-electron chi connectivity index (χ3n) is 5.18. The van der Waals surface area contributed by atoms with E-state index in [0.29, 0.717) is 11.2 Å². The number of carbonyl (C=O) groups is 2. The Labute approximate surface area is 204 Å². The minimum absolute atomic E-state index is 0.180. The van der Waals surface area contributed by atoms with Crippen LogP contribution >= 0.6 is 12.2 Å². The van der Waals surface area contributed by atoms with Crippen molar-refractivity contribution in [1.29, 1.82) is 0 Å². The molecule has 0 saturated carbocycles. The molecule has 0 aliphatic carbocycles. The molecule has 1 amide bonds. The van der Waals surface area contributed by atoms with Crippen LogP contribution in [0.1, 0.15) is 26.3 Å². The Bertz CT molecular complexity index is 1190. The van der Waals surface area contributed by atoms with Gasteiger partial charge in [-0.05, 0) is 48.8 Å². The Kier molecular flexibility index (Phi) is 8.32. The van der Waals surface area contributed by atoms with Crippen molar-refractivity contribution in [2.24, 2.45) is 5.92 Å². The molecule has 1 heterocycles. The predicted molar refractivity (Wildman–Crippen MR) is 139 cm³/mol. The van der Waals surface area contributed by atoms with Crippen LogP contribution in [0.5, 0.6) is 0 Å². The predicted octanol–water partition coefficient (Wildman–Crippen LogP) is 4.20. The van der Waals surface area contributed by atoms with Gasteiger partial charge in [0, 0.05) is 17.7 Å². The van der Waals surface area contributed by atoms with E-state index >= 15 is 0 Å². The summed E-state index contributed by atoms with van der Waals surface area (Å²) < 4.78 is 0. The number of anilines is 1. The van der Waals surface area contributed by atoms with E-state index in [1.165, 1.54) is 6.08 Å². The summed E-state index contributed by atoms with van der Waals surface area (Å²) in [6, 6.07) is 17.8. The van der Waals surface area contributed by atoms with Crippen molar-refractivity contribution in [3.63, 3.8) is 0 Å². The van der Waals surface area contributed by atoms with Crippen molar-refractivity contribution >= 4 is 51.9 Å². The number of pyridine rings is 1. The highest BCUT2D eigenvalue weighted by Gasteiger charge is 2.33. The monoisotopic (exact) mass is 476 g/mol. The van der Waals surface area contributed by atoms with Crippen molar-refractivity contribution in [2.75, 3.05) is 4.90 Å². The molecule has 0 radical (unpaired) electrons. The van der Waals surface area contributed by atoms with E-state index in [1.807, 2.05) is 68.4 Å². The SMILES string of the molecule is CC(NC(=O)/C=C/c1ccccc1)NC(=S)N(c1cccc2cccnc12)[C@H](C(=O)O)C(C)C. The van der Waals surface area contributed by atoms with Crippen LogP contribution in [-0.2, 0) is 9.59 Å². The second-order valence-corrected chi connectivity index (χ2v) is 8.56. The van der Waals surface area contributed by atoms with Crippen molar-refractivity contribution in [1.82, 2.24) is 15.6 Å². The number of para-hydroxylation sites is 1. The van der Waals surface area contributed by atoms with Gasteiger partial charge in [0.25, 0.3) is 0 Å². The molecule has 8 heteroatoms. The van der Waals surface area contributed by atoms with E-state index in [2.05, 4.69) is 15.6 Å². The maximum Gasteiger partial charge on any atom is 0.327 e. The van der Waals surface area contributed by atoms with Crippen LogP contribution in [0.2, 0.25) is 0 Å². The van der Waals surface area contributed by atoms with E-state index in [4.69, 9.17) is 12.2 Å². The molecule has 3 rings (SSSR count). The fourth-order valence-electron chi connectivity index (χ4n) is 3.65. The summed E-state index contributed by atoms with van der Waals surface area (Å²) >= 11 is 5.66. The highest BCUT2D eigenvalue weighted by Crippen LogP contribution is 2.29.